The Kier molecular flexibility index (Phi) is 11.9. The molecule has 0 unspecified atom stereocenters. The van der Waals surface area contributed by atoms with E-state index in [2.05, 4.69) is 203 Å². The van der Waals surface area contributed by atoms with Crippen molar-refractivity contribution >= 4 is 54.4 Å². The molecule has 0 N–H and O–H groups in total. The van der Waals surface area contributed by atoms with E-state index in [-0.39, 0.29) is 19.5 Å². The van der Waals surface area contributed by atoms with Crippen LogP contribution in [0.2, 0.25) is 19.6 Å². The summed E-state index contributed by atoms with van der Waals surface area (Å²) in [6.45, 7) is 26.5. The first-order chi connectivity index (χ1) is 30.0. The number of benzene rings is 4. The molecule has 2 aliphatic heterocycles. The van der Waals surface area contributed by atoms with Crippen LogP contribution in [0.15, 0.2) is 84.9 Å². The summed E-state index contributed by atoms with van der Waals surface area (Å²) >= 11 is 0. The minimum atomic E-state index is -1.55. The molecule has 0 atom stereocenters. The number of fused-ring (bicyclic) bond motifs is 8. The first kappa shape index (κ1) is 44.5. The van der Waals surface area contributed by atoms with Gasteiger partial charge in [0, 0.05) is 5.56 Å². The van der Waals surface area contributed by atoms with Crippen molar-refractivity contribution in [3.05, 3.63) is 163 Å². The Morgan fingerprint density at radius 1 is 0.391 bits per heavy atom. The van der Waals surface area contributed by atoms with Crippen molar-refractivity contribution in [1.82, 2.24) is 19.9 Å². The van der Waals surface area contributed by atoms with Gasteiger partial charge in [-0.3, -0.25) is 0 Å². The van der Waals surface area contributed by atoms with Gasteiger partial charge in [-0.2, -0.15) is 0 Å². The fraction of sp³-hybridized carbons (Fsp3) is 0.207. The van der Waals surface area contributed by atoms with Gasteiger partial charge in [0.2, 0.25) is 0 Å². The van der Waals surface area contributed by atoms with Crippen molar-refractivity contribution in [2.24, 2.45) is 0 Å². The molecular formula is C58H54N4SiZn. The van der Waals surface area contributed by atoms with Crippen molar-refractivity contribution in [1.29, 1.82) is 0 Å². The number of aromatic nitrogens is 4. The summed E-state index contributed by atoms with van der Waals surface area (Å²) in [5, 5.41) is 0. The second-order valence-electron chi connectivity index (χ2n) is 18.8. The standard InChI is InChI=1S/C58H54N4Si.Zn/c1-33-27-36(4)52(37(5)28-33)56-46-19-17-44(59-46)55(43-15-13-42(14-16-43)25-26-63(10,11)12)45-18-20-47(60-45)57(53-38(6)29-34(2)30-39(53)7)49-22-24-51(62-49)58(50-23-21-48(56)61-50)54-40(8)31-35(3)32-41(54)9;/h13-24,27-32H,1-12H3;/q-2;+2. The molecule has 312 valence electrons. The number of rotatable bonds is 4. The minimum Gasteiger partial charge on any atom is -0.657 e. The topological polar surface area (TPSA) is 54.0 Å². The second-order valence-corrected chi connectivity index (χ2v) is 23.5. The Labute approximate surface area is 392 Å². The molecule has 0 amide bonds. The van der Waals surface area contributed by atoms with Crippen molar-refractivity contribution in [3.63, 3.8) is 0 Å². The minimum absolute atomic E-state index is 0. The van der Waals surface area contributed by atoms with Gasteiger partial charge in [-0.05, 0) is 177 Å². The molecule has 9 rings (SSSR count). The van der Waals surface area contributed by atoms with Crippen LogP contribution in [0.25, 0.3) is 90.9 Å². The maximum Gasteiger partial charge on any atom is 2.00 e. The van der Waals surface area contributed by atoms with Crippen LogP contribution in [-0.4, -0.2) is 18.0 Å². The molecule has 0 fully saturated rings. The number of aryl methyl sites for hydroxylation is 9. The molecule has 0 saturated heterocycles. The predicted octanol–water partition coefficient (Wildman–Crippen LogP) is 14.6. The van der Waals surface area contributed by atoms with Gasteiger partial charge in [0.05, 0.1) is 22.8 Å². The van der Waals surface area contributed by atoms with Crippen LogP contribution in [0, 0.1) is 73.8 Å². The third-order valence-corrected chi connectivity index (χ3v) is 13.0. The monoisotopic (exact) mass is 898 g/mol. The molecule has 4 nitrogen and oxygen atoms in total. The van der Waals surface area contributed by atoms with Gasteiger partial charge in [0.25, 0.3) is 0 Å². The molecule has 3 aromatic heterocycles. The van der Waals surface area contributed by atoms with Crippen molar-refractivity contribution in [2.75, 3.05) is 0 Å². The molecule has 5 heterocycles. The first-order valence-corrected chi connectivity index (χ1v) is 25.5. The zero-order chi connectivity index (χ0) is 44.5. The van der Waals surface area contributed by atoms with Crippen molar-refractivity contribution in [3.8, 4) is 56.0 Å². The summed E-state index contributed by atoms with van der Waals surface area (Å²) < 4.78 is 0. The van der Waals surface area contributed by atoms with E-state index in [9.17, 15) is 0 Å². The van der Waals surface area contributed by atoms with Crippen LogP contribution in [0.3, 0.4) is 0 Å². The fourth-order valence-electron chi connectivity index (χ4n) is 9.85. The van der Waals surface area contributed by atoms with E-state index in [0.29, 0.717) is 0 Å². The first-order valence-electron chi connectivity index (χ1n) is 22.0. The van der Waals surface area contributed by atoms with Gasteiger partial charge in [0.15, 0.2) is 0 Å². The van der Waals surface area contributed by atoms with Crippen LogP contribution in [0.5, 0.6) is 0 Å². The molecule has 4 aromatic carbocycles. The summed E-state index contributed by atoms with van der Waals surface area (Å²) in [7, 11) is -1.55. The zero-order valence-electron chi connectivity index (χ0n) is 39.4. The molecular weight excluding hydrogens is 846 g/mol. The number of nitrogens with zero attached hydrogens (tertiary/aromatic N) is 4. The van der Waals surface area contributed by atoms with Crippen LogP contribution < -0.4 is 9.97 Å². The van der Waals surface area contributed by atoms with Crippen LogP contribution in [0.4, 0.5) is 0 Å². The Balaban J connectivity index is 0.00000560. The van der Waals surface area contributed by atoms with Crippen LogP contribution >= 0.6 is 0 Å². The SMILES string of the molecule is Cc1cc(C)c(-c2c3nc(c(-c4c(C)cc(C)cc4C)c4ccc([n-]4)c(-c4c(C)cc(C)cc4C)c4nc(c(-c5ccc(C#C[Si](C)(C)C)cc5)c5ccc2[n-]5)C=C4)C=C3)c(C)c1.[Zn+2]. The van der Waals surface area contributed by atoms with Crippen molar-refractivity contribution in [2.45, 2.75) is 82.0 Å². The Morgan fingerprint density at radius 3 is 1.00 bits per heavy atom. The molecule has 64 heavy (non-hydrogen) atoms. The Hall–Kier alpha value is -6.12. The zero-order valence-corrected chi connectivity index (χ0v) is 43.4. The number of hydrogen-bond donors (Lipinski definition) is 0. The van der Waals surface area contributed by atoms with E-state index in [1.165, 1.54) is 50.1 Å². The Bertz CT molecular complexity index is 3230. The molecule has 6 heteroatoms. The molecule has 0 radical (unpaired) electrons. The van der Waals surface area contributed by atoms with Gasteiger partial charge >= 0.3 is 19.5 Å². The largest absolute Gasteiger partial charge is 2.00 e. The van der Waals surface area contributed by atoms with E-state index >= 15 is 0 Å². The van der Waals surface area contributed by atoms with Gasteiger partial charge in [0.1, 0.15) is 8.07 Å². The summed E-state index contributed by atoms with van der Waals surface area (Å²) in [6.07, 6.45) is 8.66. The normalized spacial score (nSPS) is 12.0. The molecule has 0 spiro atoms. The molecule has 8 bridgehead atoms. The van der Waals surface area contributed by atoms with E-state index in [4.69, 9.17) is 19.9 Å². The summed E-state index contributed by atoms with van der Waals surface area (Å²) in [6, 6.07) is 30.8. The number of hydrogen-bond acceptors (Lipinski definition) is 2. The third-order valence-electron chi connectivity index (χ3n) is 12.1. The second kappa shape index (κ2) is 17.1. The average molecular weight is 901 g/mol. The fourth-order valence-corrected chi connectivity index (χ4v) is 10.4. The van der Waals surface area contributed by atoms with E-state index in [0.717, 1.165) is 94.9 Å². The smallest absolute Gasteiger partial charge is 0.657 e. The molecule has 0 aliphatic carbocycles. The Morgan fingerprint density at radius 2 is 0.688 bits per heavy atom. The van der Waals surface area contributed by atoms with E-state index in [1.807, 2.05) is 0 Å². The van der Waals surface area contributed by atoms with E-state index < -0.39 is 8.07 Å². The quantitative estimate of drug-likeness (QED) is 0.130. The van der Waals surface area contributed by atoms with E-state index in [1.54, 1.807) is 0 Å². The molecule has 7 aromatic rings. The maximum absolute atomic E-state index is 5.59. The summed E-state index contributed by atoms with van der Waals surface area (Å²) in [4.78, 5) is 22.3. The van der Waals surface area contributed by atoms with Crippen LogP contribution in [0.1, 0.15) is 78.4 Å². The molecule has 0 saturated carbocycles. The molecule has 2 aliphatic rings. The van der Waals surface area contributed by atoms with Gasteiger partial charge in [-0.15, -0.1) is 27.6 Å². The van der Waals surface area contributed by atoms with Gasteiger partial charge in [-0.1, -0.05) is 115 Å². The predicted molar refractivity (Wildman–Crippen MR) is 271 cm³/mol. The average Bonchev–Trinajstić information content (AvgIpc) is 4.04. The maximum atomic E-state index is 5.59. The van der Waals surface area contributed by atoms with Gasteiger partial charge in [-0.25, -0.2) is 9.97 Å². The van der Waals surface area contributed by atoms with Crippen LogP contribution in [-0.2, 0) is 19.5 Å². The van der Waals surface area contributed by atoms with Gasteiger partial charge < -0.3 is 9.97 Å². The van der Waals surface area contributed by atoms with Crippen molar-refractivity contribution < 1.29 is 19.5 Å². The summed E-state index contributed by atoms with van der Waals surface area (Å²) in [5.41, 5.74) is 30.8. The summed E-state index contributed by atoms with van der Waals surface area (Å²) in [5.74, 6) is 3.44. The third kappa shape index (κ3) is 8.36.